The number of hydrogen-bond acceptors (Lipinski definition) is 3. The average Bonchev–Trinajstić information content (AvgIpc) is 2.33. The first kappa shape index (κ1) is 15.3. The fourth-order valence-corrected chi connectivity index (χ4v) is 1.92. The number of ether oxygens (including phenoxy) is 1. The van der Waals surface area contributed by atoms with E-state index in [1.165, 1.54) is 0 Å². The molecule has 2 unspecified atom stereocenters. The maximum atomic E-state index is 10.9. The Balaban J connectivity index is 3.04. The van der Waals surface area contributed by atoms with Gasteiger partial charge in [-0.15, -0.1) is 0 Å². The summed E-state index contributed by atoms with van der Waals surface area (Å²) in [6.45, 7) is 5.62. The zero-order valence-electron chi connectivity index (χ0n) is 11.7. The van der Waals surface area contributed by atoms with Crippen LogP contribution in [0.4, 0.5) is 4.79 Å². The van der Waals surface area contributed by atoms with Crippen molar-refractivity contribution in [2.75, 3.05) is 7.11 Å². The topological polar surface area (TPSA) is 78.8 Å². The van der Waals surface area contributed by atoms with Gasteiger partial charge in [-0.1, -0.05) is 32.9 Å². The SMILES string of the molecule is COc1cccc(C(O)C(NC(=O)O)C(C)(C)C)c1. The molecule has 3 N–H and O–H groups in total. The maximum Gasteiger partial charge on any atom is 0.404 e. The summed E-state index contributed by atoms with van der Waals surface area (Å²) in [6.07, 6.45) is -2.09. The van der Waals surface area contributed by atoms with E-state index in [9.17, 15) is 9.90 Å². The van der Waals surface area contributed by atoms with Gasteiger partial charge in [0.25, 0.3) is 0 Å². The van der Waals surface area contributed by atoms with Crippen molar-refractivity contribution in [2.24, 2.45) is 5.41 Å². The Bertz CT molecular complexity index is 439. The van der Waals surface area contributed by atoms with Crippen molar-refractivity contribution >= 4 is 6.09 Å². The molecule has 1 aromatic rings. The predicted molar refractivity (Wildman–Crippen MR) is 72.4 cm³/mol. The molecule has 2 atom stereocenters. The Morgan fingerprint density at radius 1 is 1.37 bits per heavy atom. The van der Waals surface area contributed by atoms with Gasteiger partial charge in [0.1, 0.15) is 5.75 Å². The van der Waals surface area contributed by atoms with E-state index < -0.39 is 23.7 Å². The van der Waals surface area contributed by atoms with Crippen LogP contribution in [0.3, 0.4) is 0 Å². The lowest BCUT2D eigenvalue weighted by Gasteiger charge is -2.34. The van der Waals surface area contributed by atoms with Crippen LogP contribution >= 0.6 is 0 Å². The quantitative estimate of drug-likeness (QED) is 0.782. The molecular weight excluding hydrogens is 246 g/mol. The molecule has 0 saturated carbocycles. The largest absolute Gasteiger partial charge is 0.497 e. The number of benzene rings is 1. The van der Waals surface area contributed by atoms with E-state index in [4.69, 9.17) is 9.84 Å². The summed E-state index contributed by atoms with van der Waals surface area (Å²) in [5.74, 6) is 0.625. The lowest BCUT2D eigenvalue weighted by atomic mass is 9.81. The molecule has 106 valence electrons. The van der Waals surface area contributed by atoms with Gasteiger partial charge < -0.3 is 20.3 Å². The zero-order valence-corrected chi connectivity index (χ0v) is 11.7. The number of carboxylic acid groups (broad SMARTS) is 1. The van der Waals surface area contributed by atoms with Crippen molar-refractivity contribution in [1.82, 2.24) is 5.32 Å². The molecule has 1 amide bonds. The fraction of sp³-hybridized carbons (Fsp3) is 0.500. The van der Waals surface area contributed by atoms with Gasteiger partial charge in [-0.3, -0.25) is 0 Å². The van der Waals surface area contributed by atoms with Crippen LogP contribution in [0.15, 0.2) is 24.3 Å². The van der Waals surface area contributed by atoms with Crippen molar-refractivity contribution in [2.45, 2.75) is 32.9 Å². The van der Waals surface area contributed by atoms with Gasteiger partial charge in [0.15, 0.2) is 0 Å². The van der Waals surface area contributed by atoms with Gasteiger partial charge in [-0.2, -0.15) is 0 Å². The second-order valence-corrected chi connectivity index (χ2v) is 5.51. The summed E-state index contributed by atoms with van der Waals surface area (Å²) in [5, 5.41) is 21.7. The molecule has 0 aromatic heterocycles. The molecule has 19 heavy (non-hydrogen) atoms. The van der Waals surface area contributed by atoms with Gasteiger partial charge in [-0.05, 0) is 23.1 Å². The third-order valence-electron chi connectivity index (χ3n) is 2.96. The highest BCUT2D eigenvalue weighted by Gasteiger charge is 2.33. The highest BCUT2D eigenvalue weighted by Crippen LogP contribution is 2.31. The standard InChI is InChI=1S/C14H21NO4/c1-14(2,3)12(15-13(17)18)11(16)9-6-5-7-10(8-9)19-4/h5-8,11-12,15-16H,1-4H3,(H,17,18). The molecule has 0 aliphatic carbocycles. The third kappa shape index (κ3) is 4.13. The molecule has 1 aromatic carbocycles. The summed E-state index contributed by atoms with van der Waals surface area (Å²) in [4.78, 5) is 10.9. The Labute approximate surface area is 113 Å². The number of carbonyl (C=O) groups is 1. The summed E-state index contributed by atoms with van der Waals surface area (Å²) >= 11 is 0. The minimum absolute atomic E-state index is 0.416. The lowest BCUT2D eigenvalue weighted by Crippen LogP contribution is -2.47. The summed E-state index contributed by atoms with van der Waals surface area (Å²) in [6, 6.07) is 6.37. The van der Waals surface area contributed by atoms with Crippen LogP contribution in [-0.2, 0) is 0 Å². The number of rotatable bonds is 4. The minimum Gasteiger partial charge on any atom is -0.497 e. The van der Waals surface area contributed by atoms with Gasteiger partial charge >= 0.3 is 6.09 Å². The highest BCUT2D eigenvalue weighted by atomic mass is 16.5. The predicted octanol–water partition coefficient (Wildman–Crippen LogP) is 2.41. The molecule has 0 heterocycles. The lowest BCUT2D eigenvalue weighted by molar-refractivity contribution is 0.0683. The van der Waals surface area contributed by atoms with Crippen molar-refractivity contribution in [3.05, 3.63) is 29.8 Å². The summed E-state index contributed by atoms with van der Waals surface area (Å²) in [7, 11) is 1.54. The van der Waals surface area contributed by atoms with Crippen LogP contribution in [0.25, 0.3) is 0 Å². The van der Waals surface area contributed by atoms with Crippen molar-refractivity contribution in [3.8, 4) is 5.75 Å². The van der Waals surface area contributed by atoms with E-state index in [0.717, 1.165) is 0 Å². The molecule has 1 rings (SSSR count). The van der Waals surface area contributed by atoms with Gasteiger partial charge in [-0.25, -0.2) is 4.79 Å². The maximum absolute atomic E-state index is 10.9. The number of nitrogens with one attached hydrogen (secondary N) is 1. The first-order chi connectivity index (χ1) is 8.75. The highest BCUT2D eigenvalue weighted by molar-refractivity contribution is 5.65. The number of aliphatic hydroxyl groups excluding tert-OH is 1. The number of aliphatic hydroxyl groups is 1. The molecule has 5 nitrogen and oxygen atoms in total. The summed E-state index contributed by atoms with van der Waals surface area (Å²) < 4.78 is 5.10. The average molecular weight is 267 g/mol. The Hall–Kier alpha value is -1.75. The minimum atomic E-state index is -1.15. The van der Waals surface area contributed by atoms with Crippen LogP contribution in [0.5, 0.6) is 5.75 Å². The van der Waals surface area contributed by atoms with Crippen molar-refractivity contribution in [3.63, 3.8) is 0 Å². The van der Waals surface area contributed by atoms with E-state index in [1.807, 2.05) is 20.8 Å². The summed E-state index contributed by atoms with van der Waals surface area (Å²) in [5.41, 5.74) is 0.203. The molecular formula is C14H21NO4. The fourth-order valence-electron chi connectivity index (χ4n) is 1.92. The number of amides is 1. The first-order valence-corrected chi connectivity index (χ1v) is 6.07. The van der Waals surface area contributed by atoms with Crippen LogP contribution in [0.2, 0.25) is 0 Å². The van der Waals surface area contributed by atoms with Crippen LogP contribution < -0.4 is 10.1 Å². The first-order valence-electron chi connectivity index (χ1n) is 6.07. The molecule has 0 bridgehead atoms. The van der Waals surface area contributed by atoms with Crippen LogP contribution in [0, 0.1) is 5.41 Å². The van der Waals surface area contributed by atoms with Gasteiger partial charge in [0.2, 0.25) is 0 Å². The van der Waals surface area contributed by atoms with E-state index >= 15 is 0 Å². The second-order valence-electron chi connectivity index (χ2n) is 5.51. The zero-order chi connectivity index (χ0) is 14.6. The third-order valence-corrected chi connectivity index (χ3v) is 2.96. The van der Waals surface area contributed by atoms with Crippen molar-refractivity contribution in [1.29, 1.82) is 0 Å². The van der Waals surface area contributed by atoms with E-state index in [0.29, 0.717) is 11.3 Å². The molecule has 0 spiro atoms. The van der Waals surface area contributed by atoms with Gasteiger partial charge in [0.05, 0.1) is 19.3 Å². The molecule has 0 aliphatic heterocycles. The Morgan fingerprint density at radius 2 is 2.00 bits per heavy atom. The van der Waals surface area contributed by atoms with Crippen LogP contribution in [0.1, 0.15) is 32.4 Å². The second kappa shape index (κ2) is 5.93. The number of hydrogen-bond donors (Lipinski definition) is 3. The monoisotopic (exact) mass is 267 g/mol. The van der Waals surface area contributed by atoms with Crippen LogP contribution in [-0.4, -0.2) is 29.5 Å². The van der Waals surface area contributed by atoms with E-state index in [2.05, 4.69) is 5.32 Å². The molecule has 0 saturated heterocycles. The molecule has 0 fully saturated rings. The molecule has 0 radical (unpaired) electrons. The number of methoxy groups -OCH3 is 1. The smallest absolute Gasteiger partial charge is 0.404 e. The van der Waals surface area contributed by atoms with E-state index in [-0.39, 0.29) is 0 Å². The van der Waals surface area contributed by atoms with E-state index in [1.54, 1.807) is 31.4 Å². The normalized spacial score (nSPS) is 14.6. The molecule has 5 heteroatoms. The Kier molecular flexibility index (Phi) is 4.78. The molecule has 0 aliphatic rings. The van der Waals surface area contributed by atoms with Gasteiger partial charge in [0, 0.05) is 0 Å². The van der Waals surface area contributed by atoms with Crippen molar-refractivity contribution < 1.29 is 19.7 Å². The Morgan fingerprint density at radius 3 is 2.47 bits per heavy atom.